The Morgan fingerprint density at radius 3 is 2.75 bits per heavy atom. The predicted octanol–water partition coefficient (Wildman–Crippen LogP) is 2.94. The number of esters is 1. The Labute approximate surface area is 94.9 Å². The van der Waals surface area contributed by atoms with Gasteiger partial charge in [-0.2, -0.15) is 0 Å². The van der Waals surface area contributed by atoms with Crippen LogP contribution in [0.15, 0.2) is 42.0 Å². The van der Waals surface area contributed by atoms with Crippen LogP contribution in [0.25, 0.3) is 0 Å². The van der Waals surface area contributed by atoms with E-state index in [9.17, 15) is 4.79 Å². The van der Waals surface area contributed by atoms with Crippen molar-refractivity contribution >= 4 is 5.97 Å². The number of carbonyl (C=O) groups excluding carboxylic acids is 1. The third-order valence-electron chi connectivity index (χ3n) is 3.55. The Morgan fingerprint density at radius 1 is 1.12 bits per heavy atom. The smallest absolute Gasteiger partial charge is 0.332 e. The first-order chi connectivity index (χ1) is 7.81. The Kier molecular flexibility index (Phi) is 2.10. The number of carbonyl (C=O) groups is 1. The third-order valence-corrected chi connectivity index (χ3v) is 3.55. The van der Waals surface area contributed by atoms with Crippen LogP contribution < -0.4 is 0 Å². The van der Waals surface area contributed by atoms with Crippen molar-refractivity contribution in [1.82, 2.24) is 0 Å². The van der Waals surface area contributed by atoms with Crippen molar-refractivity contribution in [2.45, 2.75) is 31.3 Å². The number of hydrogen-bond acceptors (Lipinski definition) is 2. The highest BCUT2D eigenvalue weighted by Crippen LogP contribution is 2.47. The van der Waals surface area contributed by atoms with Gasteiger partial charge in [0.1, 0.15) is 0 Å². The molecule has 2 aliphatic rings. The molecule has 2 nitrogen and oxygen atoms in total. The first kappa shape index (κ1) is 9.64. The topological polar surface area (TPSA) is 26.3 Å². The van der Waals surface area contributed by atoms with Crippen LogP contribution >= 0.6 is 0 Å². The molecule has 1 fully saturated rings. The number of fused-ring (bicyclic) bond motifs is 1. The van der Waals surface area contributed by atoms with E-state index in [0.717, 1.165) is 36.8 Å². The molecule has 0 bridgehead atoms. The lowest BCUT2D eigenvalue weighted by molar-refractivity contribution is -0.148. The van der Waals surface area contributed by atoms with Gasteiger partial charge in [-0.1, -0.05) is 30.3 Å². The lowest BCUT2D eigenvalue weighted by atomic mass is 9.76. The van der Waals surface area contributed by atoms with Gasteiger partial charge in [0.05, 0.1) is 0 Å². The normalized spacial score (nSPS) is 28.2. The van der Waals surface area contributed by atoms with Crippen LogP contribution in [-0.2, 0) is 15.1 Å². The Morgan fingerprint density at radius 2 is 1.94 bits per heavy atom. The van der Waals surface area contributed by atoms with Crippen molar-refractivity contribution < 1.29 is 9.53 Å². The maximum absolute atomic E-state index is 11.5. The SMILES string of the molecule is O=C1C=C2CCCC[C@@]2(c2ccccc2)O1. The maximum atomic E-state index is 11.5. The molecule has 0 saturated heterocycles. The van der Waals surface area contributed by atoms with Gasteiger partial charge in [-0.15, -0.1) is 0 Å². The molecule has 1 heterocycles. The summed E-state index contributed by atoms with van der Waals surface area (Å²) in [6.07, 6.45) is 5.89. The van der Waals surface area contributed by atoms with Gasteiger partial charge in [0.2, 0.25) is 0 Å². The Bertz CT molecular complexity index is 447. The summed E-state index contributed by atoms with van der Waals surface area (Å²) in [4.78, 5) is 11.5. The van der Waals surface area contributed by atoms with Gasteiger partial charge in [-0.3, -0.25) is 0 Å². The van der Waals surface area contributed by atoms with E-state index in [1.165, 1.54) is 0 Å². The predicted molar refractivity (Wildman–Crippen MR) is 60.8 cm³/mol. The van der Waals surface area contributed by atoms with Crippen molar-refractivity contribution in [3.05, 3.63) is 47.5 Å². The summed E-state index contributed by atoms with van der Waals surface area (Å²) in [7, 11) is 0. The van der Waals surface area contributed by atoms with Crippen LogP contribution in [-0.4, -0.2) is 5.97 Å². The first-order valence-corrected chi connectivity index (χ1v) is 5.81. The molecule has 0 unspecified atom stereocenters. The second-order valence-electron chi connectivity index (χ2n) is 4.49. The summed E-state index contributed by atoms with van der Waals surface area (Å²) in [5.41, 5.74) is 1.85. The lowest BCUT2D eigenvalue weighted by Crippen LogP contribution is -2.31. The highest BCUT2D eigenvalue weighted by atomic mass is 16.6. The average molecular weight is 214 g/mol. The summed E-state index contributed by atoms with van der Waals surface area (Å²) in [5.74, 6) is -0.180. The average Bonchev–Trinajstić information content (AvgIpc) is 2.67. The van der Waals surface area contributed by atoms with Gasteiger partial charge in [-0.05, 0) is 36.8 Å². The van der Waals surface area contributed by atoms with E-state index in [1.54, 1.807) is 6.08 Å². The van der Waals surface area contributed by atoms with E-state index in [0.29, 0.717) is 0 Å². The highest BCUT2D eigenvalue weighted by molar-refractivity contribution is 5.87. The summed E-state index contributed by atoms with van der Waals surface area (Å²) in [6.45, 7) is 0. The zero-order valence-corrected chi connectivity index (χ0v) is 9.11. The van der Waals surface area contributed by atoms with Crippen LogP contribution in [0.1, 0.15) is 31.2 Å². The minimum absolute atomic E-state index is 0.180. The third kappa shape index (κ3) is 1.29. The van der Waals surface area contributed by atoms with E-state index in [1.807, 2.05) is 18.2 Å². The van der Waals surface area contributed by atoms with E-state index in [4.69, 9.17) is 4.74 Å². The van der Waals surface area contributed by atoms with E-state index in [2.05, 4.69) is 12.1 Å². The van der Waals surface area contributed by atoms with Crippen molar-refractivity contribution in [3.63, 3.8) is 0 Å². The van der Waals surface area contributed by atoms with Crippen molar-refractivity contribution in [2.75, 3.05) is 0 Å². The summed E-state index contributed by atoms with van der Waals surface area (Å²) < 4.78 is 5.61. The van der Waals surface area contributed by atoms with Crippen molar-refractivity contribution in [3.8, 4) is 0 Å². The van der Waals surface area contributed by atoms with Crippen LogP contribution in [0.5, 0.6) is 0 Å². The first-order valence-electron chi connectivity index (χ1n) is 5.81. The van der Waals surface area contributed by atoms with Gasteiger partial charge in [0.25, 0.3) is 0 Å². The largest absolute Gasteiger partial charge is 0.446 e. The second-order valence-corrected chi connectivity index (χ2v) is 4.49. The molecule has 1 aromatic rings. The molecule has 0 aromatic heterocycles. The standard InChI is InChI=1S/C14H14O2/c15-13-10-12-8-4-5-9-14(12,16-13)11-6-2-1-3-7-11/h1-3,6-7,10H,4-5,8-9H2/t14-/m0/s1. The zero-order chi connectivity index (χ0) is 11.0. The van der Waals surface area contributed by atoms with Crippen molar-refractivity contribution in [1.29, 1.82) is 0 Å². The summed E-state index contributed by atoms with van der Waals surface area (Å²) >= 11 is 0. The van der Waals surface area contributed by atoms with Crippen molar-refractivity contribution in [2.24, 2.45) is 0 Å². The van der Waals surface area contributed by atoms with Crippen LogP contribution in [0, 0.1) is 0 Å². The number of rotatable bonds is 1. The number of benzene rings is 1. The van der Waals surface area contributed by atoms with Gasteiger partial charge < -0.3 is 4.74 Å². The molecular formula is C14H14O2. The lowest BCUT2D eigenvalue weighted by Gasteiger charge is -2.35. The van der Waals surface area contributed by atoms with Gasteiger partial charge in [0.15, 0.2) is 5.60 Å². The summed E-state index contributed by atoms with van der Waals surface area (Å²) in [6, 6.07) is 10.1. The number of hydrogen-bond donors (Lipinski definition) is 0. The van der Waals surface area contributed by atoms with E-state index < -0.39 is 5.60 Å². The molecule has 1 atom stereocenters. The zero-order valence-electron chi connectivity index (χ0n) is 9.11. The van der Waals surface area contributed by atoms with Gasteiger partial charge in [0, 0.05) is 6.08 Å². The molecule has 0 N–H and O–H groups in total. The highest BCUT2D eigenvalue weighted by Gasteiger charge is 2.45. The number of ether oxygens (including phenoxy) is 1. The fourth-order valence-corrected chi connectivity index (χ4v) is 2.80. The molecule has 3 rings (SSSR count). The Hall–Kier alpha value is -1.57. The molecule has 0 spiro atoms. The van der Waals surface area contributed by atoms with Crippen LogP contribution in [0.3, 0.4) is 0 Å². The Balaban J connectivity index is 2.09. The summed E-state index contributed by atoms with van der Waals surface area (Å²) in [5, 5.41) is 0. The van der Waals surface area contributed by atoms with Crippen LogP contribution in [0.2, 0.25) is 0 Å². The minimum atomic E-state index is -0.434. The molecule has 1 saturated carbocycles. The monoisotopic (exact) mass is 214 g/mol. The minimum Gasteiger partial charge on any atom is -0.446 e. The molecule has 1 aromatic carbocycles. The fraction of sp³-hybridized carbons (Fsp3) is 0.357. The molecule has 1 aliphatic carbocycles. The molecular weight excluding hydrogens is 200 g/mol. The molecule has 0 amide bonds. The molecule has 1 aliphatic heterocycles. The van der Waals surface area contributed by atoms with E-state index >= 15 is 0 Å². The maximum Gasteiger partial charge on any atom is 0.332 e. The second kappa shape index (κ2) is 3.48. The molecule has 82 valence electrons. The van der Waals surface area contributed by atoms with E-state index in [-0.39, 0.29) is 5.97 Å². The molecule has 0 radical (unpaired) electrons. The molecule has 2 heteroatoms. The fourth-order valence-electron chi connectivity index (χ4n) is 2.80. The van der Waals surface area contributed by atoms with Gasteiger partial charge in [-0.25, -0.2) is 4.79 Å². The molecule has 16 heavy (non-hydrogen) atoms. The van der Waals surface area contributed by atoms with Crippen LogP contribution in [0.4, 0.5) is 0 Å². The quantitative estimate of drug-likeness (QED) is 0.672. The van der Waals surface area contributed by atoms with Gasteiger partial charge >= 0.3 is 5.97 Å².